The van der Waals surface area contributed by atoms with Crippen molar-refractivity contribution in [1.82, 2.24) is 4.98 Å². The molecule has 0 spiro atoms. The van der Waals surface area contributed by atoms with Crippen LogP contribution in [0.3, 0.4) is 0 Å². The van der Waals surface area contributed by atoms with E-state index in [-0.39, 0.29) is 5.69 Å². The van der Waals surface area contributed by atoms with Gasteiger partial charge in [0.15, 0.2) is 0 Å². The third-order valence-electron chi connectivity index (χ3n) is 2.62. The standard InChI is InChI=1S/C13H8N2O2S.4C2H6/c16-15(17)10-7-5-9(6-8-10)13-14-11-3-1-2-4-12(11)18-13;4*1-2/h1-8H;4*1-2H3. The van der Waals surface area contributed by atoms with Gasteiger partial charge < -0.3 is 0 Å². The monoisotopic (exact) mass is 376 g/mol. The quantitative estimate of drug-likeness (QED) is 0.336. The molecule has 0 radical (unpaired) electrons. The summed E-state index contributed by atoms with van der Waals surface area (Å²) in [5, 5.41) is 11.5. The number of para-hydroxylation sites is 1. The van der Waals surface area contributed by atoms with E-state index in [1.807, 2.05) is 79.7 Å². The van der Waals surface area contributed by atoms with Crippen LogP contribution < -0.4 is 0 Å². The number of benzene rings is 2. The van der Waals surface area contributed by atoms with Crippen molar-refractivity contribution in [3.05, 3.63) is 58.6 Å². The predicted molar refractivity (Wildman–Crippen MR) is 117 cm³/mol. The highest BCUT2D eigenvalue weighted by Crippen LogP contribution is 2.30. The van der Waals surface area contributed by atoms with E-state index in [0.717, 1.165) is 20.8 Å². The molecule has 0 atom stereocenters. The third kappa shape index (κ3) is 7.74. The Morgan fingerprint density at radius 1 is 0.808 bits per heavy atom. The molecule has 3 aromatic rings. The fraction of sp³-hybridized carbons (Fsp3) is 0.381. The van der Waals surface area contributed by atoms with E-state index >= 15 is 0 Å². The fourth-order valence-electron chi connectivity index (χ4n) is 1.72. The maximum absolute atomic E-state index is 10.6. The van der Waals surface area contributed by atoms with Crippen molar-refractivity contribution in [2.75, 3.05) is 0 Å². The summed E-state index contributed by atoms with van der Waals surface area (Å²) in [6.45, 7) is 16.0. The van der Waals surface area contributed by atoms with Gasteiger partial charge in [0.1, 0.15) is 5.01 Å². The summed E-state index contributed by atoms with van der Waals surface area (Å²) in [5.41, 5.74) is 1.96. The van der Waals surface area contributed by atoms with Gasteiger partial charge in [-0.25, -0.2) is 4.98 Å². The van der Waals surface area contributed by atoms with Crippen LogP contribution in [0.2, 0.25) is 0 Å². The Hall–Kier alpha value is -2.27. The van der Waals surface area contributed by atoms with Gasteiger partial charge in [-0.3, -0.25) is 10.1 Å². The number of nitro groups is 1. The summed E-state index contributed by atoms with van der Waals surface area (Å²) >= 11 is 1.58. The van der Waals surface area contributed by atoms with Gasteiger partial charge in [-0.15, -0.1) is 11.3 Å². The number of nitro benzene ring substituents is 1. The van der Waals surface area contributed by atoms with Crippen molar-refractivity contribution in [3.63, 3.8) is 0 Å². The summed E-state index contributed by atoms with van der Waals surface area (Å²) < 4.78 is 1.12. The first-order valence-corrected chi connectivity index (χ1v) is 10.2. The number of nitrogens with zero attached hydrogens (tertiary/aromatic N) is 2. The van der Waals surface area contributed by atoms with Crippen LogP contribution in [0.25, 0.3) is 20.8 Å². The lowest BCUT2D eigenvalue weighted by molar-refractivity contribution is -0.384. The van der Waals surface area contributed by atoms with Crippen LogP contribution >= 0.6 is 11.3 Å². The molecule has 4 nitrogen and oxygen atoms in total. The zero-order valence-corrected chi connectivity index (χ0v) is 18.1. The van der Waals surface area contributed by atoms with Crippen LogP contribution in [-0.2, 0) is 0 Å². The summed E-state index contributed by atoms with van der Waals surface area (Å²) in [4.78, 5) is 14.7. The normalized spacial score (nSPS) is 8.31. The van der Waals surface area contributed by atoms with Crippen LogP contribution in [-0.4, -0.2) is 9.91 Å². The highest BCUT2D eigenvalue weighted by atomic mass is 32.1. The Kier molecular flexibility index (Phi) is 16.2. The van der Waals surface area contributed by atoms with E-state index in [1.54, 1.807) is 23.5 Å². The van der Waals surface area contributed by atoms with Gasteiger partial charge >= 0.3 is 0 Å². The second-order valence-corrected chi connectivity index (χ2v) is 4.82. The van der Waals surface area contributed by atoms with Crippen LogP contribution in [0.5, 0.6) is 0 Å². The number of aromatic nitrogens is 1. The van der Waals surface area contributed by atoms with Gasteiger partial charge in [-0.05, 0) is 24.3 Å². The molecule has 0 aliphatic carbocycles. The molecule has 0 aliphatic rings. The van der Waals surface area contributed by atoms with E-state index in [1.165, 1.54) is 12.1 Å². The van der Waals surface area contributed by atoms with Crippen molar-refractivity contribution in [3.8, 4) is 10.6 Å². The smallest absolute Gasteiger partial charge is 0.258 e. The van der Waals surface area contributed by atoms with Crippen molar-refractivity contribution in [1.29, 1.82) is 0 Å². The fourth-order valence-corrected chi connectivity index (χ4v) is 2.69. The molecule has 1 aromatic heterocycles. The van der Waals surface area contributed by atoms with Gasteiger partial charge in [0, 0.05) is 17.7 Å². The molecule has 0 N–H and O–H groups in total. The topological polar surface area (TPSA) is 56.0 Å². The molecule has 0 fully saturated rings. The predicted octanol–water partition coefficient (Wildman–Crippen LogP) is 7.98. The molecular formula is C21H32N2O2S. The lowest BCUT2D eigenvalue weighted by Crippen LogP contribution is -1.86. The molecule has 2 aromatic carbocycles. The molecule has 144 valence electrons. The second kappa shape index (κ2) is 16.2. The molecule has 26 heavy (non-hydrogen) atoms. The third-order valence-corrected chi connectivity index (χ3v) is 3.70. The molecule has 0 bridgehead atoms. The first kappa shape index (κ1) is 26.0. The Balaban J connectivity index is 0. The van der Waals surface area contributed by atoms with Gasteiger partial charge in [0.05, 0.1) is 15.1 Å². The summed E-state index contributed by atoms with van der Waals surface area (Å²) in [6, 6.07) is 14.4. The summed E-state index contributed by atoms with van der Waals surface area (Å²) in [7, 11) is 0. The maximum atomic E-state index is 10.6. The minimum atomic E-state index is -0.401. The maximum Gasteiger partial charge on any atom is 0.269 e. The van der Waals surface area contributed by atoms with Crippen LogP contribution in [0.1, 0.15) is 55.4 Å². The molecule has 0 saturated heterocycles. The van der Waals surface area contributed by atoms with Crippen molar-refractivity contribution >= 4 is 27.2 Å². The van der Waals surface area contributed by atoms with Gasteiger partial charge in [0.2, 0.25) is 0 Å². The van der Waals surface area contributed by atoms with Crippen LogP contribution in [0, 0.1) is 10.1 Å². The molecule has 0 saturated carbocycles. The molecular weight excluding hydrogens is 344 g/mol. The largest absolute Gasteiger partial charge is 0.269 e. The van der Waals surface area contributed by atoms with E-state index in [9.17, 15) is 10.1 Å². The van der Waals surface area contributed by atoms with Gasteiger partial charge in [0.25, 0.3) is 5.69 Å². The van der Waals surface area contributed by atoms with E-state index in [0.29, 0.717) is 0 Å². The first-order valence-electron chi connectivity index (χ1n) is 9.34. The van der Waals surface area contributed by atoms with Crippen LogP contribution in [0.4, 0.5) is 5.69 Å². The molecule has 3 rings (SSSR count). The molecule has 5 heteroatoms. The highest BCUT2D eigenvalue weighted by Gasteiger charge is 2.08. The Morgan fingerprint density at radius 3 is 1.77 bits per heavy atom. The number of rotatable bonds is 2. The highest BCUT2D eigenvalue weighted by molar-refractivity contribution is 7.21. The SMILES string of the molecule is CC.CC.CC.CC.O=[N+]([O-])c1ccc(-c2nc3ccccc3s2)cc1. The molecule has 0 aliphatic heterocycles. The van der Waals surface area contributed by atoms with E-state index in [2.05, 4.69) is 4.98 Å². The Bertz CT molecular complexity index is 689. The van der Waals surface area contributed by atoms with Crippen molar-refractivity contribution in [2.24, 2.45) is 0 Å². The van der Waals surface area contributed by atoms with E-state index in [4.69, 9.17) is 0 Å². The lowest BCUT2D eigenvalue weighted by Gasteiger charge is -1.95. The van der Waals surface area contributed by atoms with E-state index < -0.39 is 4.92 Å². The zero-order valence-electron chi connectivity index (χ0n) is 17.2. The van der Waals surface area contributed by atoms with Gasteiger partial charge in [-0.2, -0.15) is 0 Å². The second-order valence-electron chi connectivity index (χ2n) is 3.79. The van der Waals surface area contributed by atoms with Crippen molar-refractivity contribution in [2.45, 2.75) is 55.4 Å². The number of fused-ring (bicyclic) bond motifs is 1. The minimum absolute atomic E-state index is 0.0971. The van der Waals surface area contributed by atoms with Gasteiger partial charge in [-0.1, -0.05) is 67.5 Å². The van der Waals surface area contributed by atoms with Crippen LogP contribution in [0.15, 0.2) is 48.5 Å². The Labute approximate surface area is 162 Å². The average Bonchev–Trinajstić information content (AvgIpc) is 3.18. The number of non-ortho nitro benzene ring substituents is 1. The molecule has 1 heterocycles. The number of hydrogen-bond donors (Lipinski definition) is 0. The minimum Gasteiger partial charge on any atom is -0.258 e. The molecule has 0 unspecified atom stereocenters. The Morgan fingerprint density at radius 2 is 1.31 bits per heavy atom. The molecule has 0 amide bonds. The summed E-state index contributed by atoms with van der Waals surface area (Å²) in [5.74, 6) is 0. The number of hydrogen-bond acceptors (Lipinski definition) is 4. The summed E-state index contributed by atoms with van der Waals surface area (Å²) in [6.07, 6.45) is 0. The zero-order chi connectivity index (χ0) is 20.5. The first-order chi connectivity index (χ1) is 12.7. The average molecular weight is 377 g/mol. The lowest BCUT2D eigenvalue weighted by atomic mass is 10.2. The van der Waals surface area contributed by atoms with Crippen molar-refractivity contribution < 1.29 is 4.92 Å². The number of thiazole rings is 1.